The Hall–Kier alpha value is -2.35. The molecule has 0 aliphatic carbocycles. The second kappa shape index (κ2) is 8.41. The normalized spacial score (nSPS) is 18.7. The largest absolute Gasteiger partial charge is 0.493 e. The van der Waals surface area contributed by atoms with E-state index in [0.29, 0.717) is 22.9 Å². The molecular formula is C16H21BrF3N7O3. The number of halogens is 4. The average molecular weight is 496 g/mol. The summed E-state index contributed by atoms with van der Waals surface area (Å²) in [5.41, 5.74) is 0.171. The van der Waals surface area contributed by atoms with Crippen LogP contribution in [0.3, 0.4) is 0 Å². The molecule has 0 spiro atoms. The predicted molar refractivity (Wildman–Crippen MR) is 103 cm³/mol. The van der Waals surface area contributed by atoms with Gasteiger partial charge in [-0.3, -0.25) is 4.79 Å². The van der Waals surface area contributed by atoms with Crippen molar-refractivity contribution in [2.45, 2.75) is 38.7 Å². The van der Waals surface area contributed by atoms with Gasteiger partial charge in [0.05, 0.1) is 6.54 Å². The number of amidine groups is 1. The Morgan fingerprint density at radius 1 is 1.33 bits per heavy atom. The molecule has 1 unspecified atom stereocenters. The molecule has 1 aromatic heterocycles. The fourth-order valence-corrected chi connectivity index (χ4v) is 3.56. The van der Waals surface area contributed by atoms with Gasteiger partial charge in [-0.25, -0.2) is 14.7 Å². The summed E-state index contributed by atoms with van der Waals surface area (Å²) in [5.74, 6) is -2.57. The third-order valence-electron chi connectivity index (χ3n) is 4.43. The lowest BCUT2D eigenvalue weighted by Gasteiger charge is -2.41. The molecule has 30 heavy (non-hydrogen) atoms. The van der Waals surface area contributed by atoms with E-state index in [-0.39, 0.29) is 23.9 Å². The molecule has 0 bridgehead atoms. The van der Waals surface area contributed by atoms with E-state index in [0.717, 1.165) is 12.8 Å². The Bertz CT molecular complexity index is 858. The van der Waals surface area contributed by atoms with Gasteiger partial charge in [0.25, 0.3) is 5.91 Å². The number of rotatable bonds is 7. The summed E-state index contributed by atoms with van der Waals surface area (Å²) < 4.78 is 38.8. The average Bonchev–Trinajstić information content (AvgIpc) is 3.18. The number of hydroxylamine groups is 1. The monoisotopic (exact) mass is 495 g/mol. The summed E-state index contributed by atoms with van der Waals surface area (Å²) in [5, 5.41) is 4.55. The summed E-state index contributed by atoms with van der Waals surface area (Å²) in [4.78, 5) is 40.8. The number of hydrogen-bond donors (Lipinski definition) is 1. The quantitative estimate of drug-likeness (QED) is 0.578. The molecule has 2 aliphatic heterocycles. The van der Waals surface area contributed by atoms with Gasteiger partial charge in [-0.15, -0.1) is 5.10 Å². The summed E-state index contributed by atoms with van der Waals surface area (Å²) in [6.45, 7) is 2.50. The first-order valence-corrected chi connectivity index (χ1v) is 10.00. The first kappa shape index (κ1) is 22.3. The second-order valence-corrected chi connectivity index (χ2v) is 7.83. The van der Waals surface area contributed by atoms with Gasteiger partial charge in [-0.1, -0.05) is 24.9 Å². The first-order chi connectivity index (χ1) is 14.0. The Balaban J connectivity index is 2.03. The van der Waals surface area contributed by atoms with Crippen molar-refractivity contribution in [1.82, 2.24) is 24.9 Å². The van der Waals surface area contributed by atoms with E-state index in [1.165, 1.54) is 4.90 Å². The molecule has 3 heterocycles. The lowest BCUT2D eigenvalue weighted by atomic mass is 10.2. The van der Waals surface area contributed by atoms with Gasteiger partial charge in [-0.2, -0.15) is 13.2 Å². The second-order valence-electron chi connectivity index (χ2n) is 7.08. The van der Waals surface area contributed by atoms with E-state index in [2.05, 4.69) is 35.8 Å². The van der Waals surface area contributed by atoms with Crippen LogP contribution < -0.4 is 4.90 Å². The Labute approximate surface area is 178 Å². The van der Waals surface area contributed by atoms with Crippen LogP contribution in [0, 0.1) is 0 Å². The number of hydrazone groups is 1. The maximum absolute atomic E-state index is 13.1. The SMILES string of the molecule is CCCCCN1c2nc(Br)[nH]c2C(=O)N2C(CN(C)C)=NN(OC(=O)C(F)(F)F)C21. The molecule has 1 aromatic rings. The fraction of sp³-hybridized carbons (Fsp3) is 0.625. The van der Waals surface area contributed by atoms with Crippen LogP contribution in [0.4, 0.5) is 19.0 Å². The minimum Gasteiger partial charge on any atom is -0.327 e. The van der Waals surface area contributed by atoms with Crippen LogP contribution in [0.25, 0.3) is 0 Å². The summed E-state index contributed by atoms with van der Waals surface area (Å²) in [7, 11) is 3.43. The van der Waals surface area contributed by atoms with E-state index >= 15 is 0 Å². The standard InChI is InChI=1S/C16H21BrF3N7O3/c1-4-5-6-7-25-11-10(21-14(17)22-11)12(28)26-9(8-24(2)3)23-27(15(25)26)30-13(29)16(18,19)20/h15H,4-8H2,1-3H3,(H,21,22). The van der Waals surface area contributed by atoms with Crippen molar-refractivity contribution in [3.05, 3.63) is 10.4 Å². The first-order valence-electron chi connectivity index (χ1n) is 9.20. The van der Waals surface area contributed by atoms with Crippen LogP contribution >= 0.6 is 15.9 Å². The Morgan fingerprint density at radius 2 is 2.03 bits per heavy atom. The Morgan fingerprint density at radius 3 is 2.63 bits per heavy atom. The molecule has 3 rings (SSSR count). The van der Waals surface area contributed by atoms with Crippen LogP contribution in [0.15, 0.2) is 9.84 Å². The number of alkyl halides is 3. The number of unbranched alkanes of at least 4 members (excludes halogenated alkanes) is 2. The number of aromatic nitrogens is 2. The van der Waals surface area contributed by atoms with Gasteiger partial charge in [-0.05, 0) is 36.4 Å². The number of nitrogens with one attached hydrogen (secondary N) is 1. The number of amides is 1. The van der Waals surface area contributed by atoms with Gasteiger partial charge >= 0.3 is 12.1 Å². The highest BCUT2D eigenvalue weighted by atomic mass is 79.9. The van der Waals surface area contributed by atoms with Gasteiger partial charge < -0.3 is 19.6 Å². The maximum Gasteiger partial charge on any atom is 0.493 e. The zero-order valence-electron chi connectivity index (χ0n) is 16.5. The van der Waals surface area contributed by atoms with Crippen molar-refractivity contribution >= 4 is 39.5 Å². The number of likely N-dealkylation sites (N-methyl/N-ethyl adjacent to an activating group) is 1. The van der Waals surface area contributed by atoms with Crippen molar-refractivity contribution in [1.29, 1.82) is 0 Å². The molecule has 14 heteroatoms. The summed E-state index contributed by atoms with van der Waals surface area (Å²) in [6.07, 6.45) is -3.97. The number of carbonyl (C=O) groups excluding carboxylic acids is 2. The molecule has 10 nitrogen and oxygen atoms in total. The number of H-pyrrole nitrogens is 1. The number of hydrogen-bond acceptors (Lipinski definition) is 8. The van der Waals surface area contributed by atoms with Crippen LogP contribution in [0.2, 0.25) is 0 Å². The molecular weight excluding hydrogens is 475 g/mol. The van der Waals surface area contributed by atoms with Crippen molar-refractivity contribution < 1.29 is 27.6 Å². The molecule has 1 atom stereocenters. The minimum atomic E-state index is -5.21. The lowest BCUT2D eigenvalue weighted by Crippen LogP contribution is -2.61. The molecule has 0 fully saturated rings. The number of imidazole rings is 1. The van der Waals surface area contributed by atoms with Crippen LogP contribution in [-0.2, 0) is 9.63 Å². The van der Waals surface area contributed by atoms with E-state index in [9.17, 15) is 22.8 Å². The summed E-state index contributed by atoms with van der Waals surface area (Å²) in [6, 6.07) is 0. The number of nitrogens with zero attached hydrogens (tertiary/aromatic N) is 6. The molecule has 2 aliphatic rings. The fourth-order valence-electron chi connectivity index (χ4n) is 3.20. The molecule has 1 amide bonds. The predicted octanol–water partition coefficient (Wildman–Crippen LogP) is 2.12. The van der Waals surface area contributed by atoms with E-state index in [4.69, 9.17) is 0 Å². The molecule has 0 aromatic carbocycles. The van der Waals surface area contributed by atoms with Crippen LogP contribution in [0.1, 0.15) is 36.7 Å². The van der Waals surface area contributed by atoms with E-state index in [1.807, 2.05) is 6.92 Å². The van der Waals surface area contributed by atoms with Crippen molar-refractivity contribution in [3.63, 3.8) is 0 Å². The van der Waals surface area contributed by atoms with Gasteiger partial charge in [0.2, 0.25) is 6.29 Å². The number of aromatic amines is 1. The molecule has 1 N–H and O–H groups in total. The van der Waals surface area contributed by atoms with E-state index in [1.54, 1.807) is 23.9 Å². The molecule has 166 valence electrons. The maximum atomic E-state index is 13.1. The van der Waals surface area contributed by atoms with Gasteiger partial charge in [0.15, 0.2) is 16.4 Å². The van der Waals surface area contributed by atoms with Crippen molar-refractivity contribution in [3.8, 4) is 0 Å². The van der Waals surface area contributed by atoms with Crippen LogP contribution in [0.5, 0.6) is 0 Å². The van der Waals surface area contributed by atoms with Gasteiger partial charge in [0, 0.05) is 6.54 Å². The Kier molecular flexibility index (Phi) is 6.26. The highest BCUT2D eigenvalue weighted by Crippen LogP contribution is 2.36. The summed E-state index contributed by atoms with van der Waals surface area (Å²) >= 11 is 3.20. The zero-order chi connectivity index (χ0) is 22.2. The zero-order valence-corrected chi connectivity index (χ0v) is 18.1. The van der Waals surface area contributed by atoms with Crippen LogP contribution in [-0.4, -0.2) is 82.3 Å². The highest BCUT2D eigenvalue weighted by Gasteiger charge is 2.53. The molecule has 0 radical (unpaired) electrons. The molecule has 0 saturated carbocycles. The highest BCUT2D eigenvalue weighted by molar-refractivity contribution is 9.10. The van der Waals surface area contributed by atoms with Gasteiger partial charge in [0.1, 0.15) is 5.69 Å². The topological polar surface area (TPSA) is 97.4 Å². The lowest BCUT2D eigenvalue weighted by molar-refractivity contribution is -0.249. The smallest absolute Gasteiger partial charge is 0.327 e. The van der Waals surface area contributed by atoms with Crippen molar-refractivity contribution in [2.75, 3.05) is 32.1 Å². The third kappa shape index (κ3) is 4.24. The number of carbonyl (C=O) groups is 2. The minimum absolute atomic E-state index is 0.135. The van der Waals surface area contributed by atoms with Crippen molar-refractivity contribution in [2.24, 2.45) is 5.10 Å². The molecule has 0 saturated heterocycles. The third-order valence-corrected chi connectivity index (χ3v) is 4.80. The van der Waals surface area contributed by atoms with E-state index < -0.39 is 24.3 Å². The number of fused-ring (bicyclic) bond motifs is 2. The number of anilines is 1.